The first kappa shape index (κ1) is 11.5. The molecule has 0 bridgehead atoms. The molecule has 0 aromatic heterocycles. The predicted molar refractivity (Wildman–Crippen MR) is 60.6 cm³/mol. The van der Waals surface area contributed by atoms with E-state index >= 15 is 0 Å². The van der Waals surface area contributed by atoms with E-state index in [9.17, 15) is 4.21 Å². The number of rotatable bonds is 1. The zero-order valence-corrected chi connectivity index (χ0v) is 9.66. The minimum atomic E-state index is -0.643. The molecule has 0 aromatic carbocycles. The number of thioether (sulfide) groups is 1. The Morgan fingerprint density at radius 2 is 2.29 bits per heavy atom. The molecule has 0 unspecified atom stereocenters. The summed E-state index contributed by atoms with van der Waals surface area (Å²) in [6, 6.07) is 0.232. The Bertz CT molecular complexity index is 275. The first-order chi connectivity index (χ1) is 6.76. The third-order valence-corrected chi connectivity index (χ3v) is 3.99. The van der Waals surface area contributed by atoms with Crippen LogP contribution in [0, 0.1) is 11.5 Å². The summed E-state index contributed by atoms with van der Waals surface area (Å²) < 4.78 is 11.1. The van der Waals surface area contributed by atoms with Gasteiger partial charge in [0, 0.05) is 22.3 Å². The summed E-state index contributed by atoms with van der Waals surface area (Å²) in [6.45, 7) is 0. The Morgan fingerprint density at radius 3 is 2.79 bits per heavy atom. The van der Waals surface area contributed by atoms with Crippen LogP contribution in [-0.4, -0.2) is 33.2 Å². The van der Waals surface area contributed by atoms with E-state index in [1.807, 2.05) is 12.4 Å². The van der Waals surface area contributed by atoms with Crippen molar-refractivity contribution in [3.8, 4) is 6.19 Å². The van der Waals surface area contributed by atoms with Gasteiger partial charge in [-0.15, -0.1) is 0 Å². The first-order valence-electron chi connectivity index (χ1n) is 4.38. The van der Waals surface area contributed by atoms with E-state index in [4.69, 9.17) is 5.26 Å². The number of hydrogen-bond donors (Lipinski definition) is 1. The van der Waals surface area contributed by atoms with Gasteiger partial charge in [0.25, 0.3) is 0 Å². The highest BCUT2D eigenvalue weighted by Gasteiger charge is 2.17. The molecule has 0 amide bonds. The summed E-state index contributed by atoms with van der Waals surface area (Å²) >= 11 is 1.43. The van der Waals surface area contributed by atoms with Crippen LogP contribution in [-0.2, 0) is 10.8 Å². The molecule has 0 aromatic rings. The molecule has 0 spiro atoms. The third kappa shape index (κ3) is 3.68. The topological polar surface area (TPSA) is 65.2 Å². The predicted octanol–water partition coefficient (Wildman–Crippen LogP) is 0.687. The molecule has 4 nitrogen and oxygen atoms in total. The summed E-state index contributed by atoms with van der Waals surface area (Å²) in [6.07, 6.45) is 5.46. The highest BCUT2D eigenvalue weighted by atomic mass is 32.2. The number of nitrogens with zero attached hydrogens (tertiary/aromatic N) is 2. The van der Waals surface area contributed by atoms with Gasteiger partial charge in [0.1, 0.15) is 0 Å². The highest BCUT2D eigenvalue weighted by molar-refractivity contribution is 8.13. The van der Waals surface area contributed by atoms with Gasteiger partial charge in [-0.2, -0.15) is 5.26 Å². The highest BCUT2D eigenvalue weighted by Crippen LogP contribution is 2.14. The van der Waals surface area contributed by atoms with E-state index in [1.165, 1.54) is 11.8 Å². The van der Waals surface area contributed by atoms with Crippen LogP contribution in [0.25, 0.3) is 0 Å². The second-order valence-corrected chi connectivity index (χ2v) is 5.45. The van der Waals surface area contributed by atoms with Crippen molar-refractivity contribution in [1.29, 1.82) is 5.26 Å². The van der Waals surface area contributed by atoms with Gasteiger partial charge < -0.3 is 0 Å². The molecule has 1 fully saturated rings. The van der Waals surface area contributed by atoms with Gasteiger partial charge in [0.2, 0.25) is 0 Å². The standard InChI is InChI=1S/C8H13N3OS2/c1-13-8(10-6-9)11-7-2-4-14(12)5-3-7/h7H,2-5H2,1H3,(H,10,11). The summed E-state index contributed by atoms with van der Waals surface area (Å²) in [5.74, 6) is 1.48. The fraction of sp³-hybridized carbons (Fsp3) is 0.750. The lowest BCUT2D eigenvalue weighted by Gasteiger charge is -2.18. The molecular formula is C8H13N3OS2. The molecule has 1 aliphatic heterocycles. The van der Waals surface area contributed by atoms with E-state index in [-0.39, 0.29) is 6.04 Å². The quantitative estimate of drug-likeness (QED) is 0.312. The van der Waals surface area contributed by atoms with Crippen molar-refractivity contribution < 1.29 is 4.21 Å². The molecule has 0 radical (unpaired) electrons. The van der Waals surface area contributed by atoms with Crippen molar-refractivity contribution in [2.75, 3.05) is 17.8 Å². The van der Waals surface area contributed by atoms with Gasteiger partial charge in [-0.3, -0.25) is 14.5 Å². The zero-order chi connectivity index (χ0) is 10.4. The van der Waals surface area contributed by atoms with Crippen molar-refractivity contribution >= 4 is 27.7 Å². The van der Waals surface area contributed by atoms with Crippen molar-refractivity contribution in [2.45, 2.75) is 18.9 Å². The maximum absolute atomic E-state index is 11.1. The summed E-state index contributed by atoms with van der Waals surface area (Å²) in [7, 11) is -0.643. The fourth-order valence-corrected chi connectivity index (χ4v) is 2.94. The summed E-state index contributed by atoms with van der Waals surface area (Å²) in [4.78, 5) is 4.39. The van der Waals surface area contributed by atoms with Crippen LogP contribution >= 0.6 is 11.8 Å². The van der Waals surface area contributed by atoms with E-state index in [0.29, 0.717) is 5.17 Å². The van der Waals surface area contributed by atoms with Crippen LogP contribution in [0.15, 0.2) is 4.99 Å². The monoisotopic (exact) mass is 231 g/mol. The van der Waals surface area contributed by atoms with Crippen molar-refractivity contribution in [1.82, 2.24) is 5.32 Å². The van der Waals surface area contributed by atoms with Gasteiger partial charge in [0.05, 0.1) is 6.04 Å². The summed E-state index contributed by atoms with van der Waals surface area (Å²) in [5, 5.41) is 11.6. The lowest BCUT2D eigenvalue weighted by atomic mass is 10.2. The average molecular weight is 231 g/mol. The molecule has 1 saturated heterocycles. The van der Waals surface area contributed by atoms with E-state index in [1.54, 1.807) is 0 Å². The molecule has 1 aliphatic rings. The van der Waals surface area contributed by atoms with Gasteiger partial charge in [0.15, 0.2) is 11.4 Å². The van der Waals surface area contributed by atoms with Crippen LogP contribution < -0.4 is 5.32 Å². The third-order valence-electron chi connectivity index (χ3n) is 2.01. The Kier molecular flexibility index (Phi) is 4.98. The molecule has 78 valence electrons. The largest absolute Gasteiger partial charge is 0.272 e. The molecule has 0 aliphatic carbocycles. The van der Waals surface area contributed by atoms with Crippen molar-refractivity contribution in [3.05, 3.63) is 0 Å². The molecule has 6 heteroatoms. The lowest BCUT2D eigenvalue weighted by molar-refractivity contribution is 0.599. The smallest absolute Gasteiger partial charge is 0.183 e. The van der Waals surface area contributed by atoms with Gasteiger partial charge in [-0.25, -0.2) is 0 Å². The van der Waals surface area contributed by atoms with Crippen LogP contribution in [0.3, 0.4) is 0 Å². The Morgan fingerprint density at radius 1 is 1.64 bits per heavy atom. The number of aliphatic imine (C=N–C) groups is 1. The van der Waals surface area contributed by atoms with Crippen LogP contribution in [0.1, 0.15) is 12.8 Å². The molecule has 14 heavy (non-hydrogen) atoms. The number of nitriles is 1. The molecular weight excluding hydrogens is 218 g/mol. The summed E-state index contributed by atoms with van der Waals surface area (Å²) in [5.41, 5.74) is 0. The minimum Gasteiger partial charge on any atom is -0.272 e. The van der Waals surface area contributed by atoms with Gasteiger partial charge >= 0.3 is 0 Å². The number of nitrogens with one attached hydrogen (secondary N) is 1. The lowest BCUT2D eigenvalue weighted by Crippen LogP contribution is -2.24. The molecule has 1 heterocycles. The van der Waals surface area contributed by atoms with Crippen LogP contribution in [0.2, 0.25) is 0 Å². The van der Waals surface area contributed by atoms with E-state index < -0.39 is 10.8 Å². The number of hydrogen-bond acceptors (Lipinski definition) is 4. The fourth-order valence-electron chi connectivity index (χ4n) is 1.26. The second kappa shape index (κ2) is 6.04. The van der Waals surface area contributed by atoms with Crippen LogP contribution in [0.4, 0.5) is 0 Å². The normalized spacial score (nSPS) is 28.1. The Hall–Kier alpha value is -0.540. The van der Waals surface area contributed by atoms with Crippen molar-refractivity contribution in [2.24, 2.45) is 4.99 Å². The second-order valence-electron chi connectivity index (χ2n) is 2.95. The van der Waals surface area contributed by atoms with Crippen molar-refractivity contribution in [3.63, 3.8) is 0 Å². The van der Waals surface area contributed by atoms with Gasteiger partial charge in [-0.05, 0) is 19.1 Å². The Balaban J connectivity index is 2.49. The SMILES string of the molecule is CSC(=NC1CCS(=O)CC1)NC#N. The van der Waals surface area contributed by atoms with Crippen LogP contribution in [0.5, 0.6) is 0 Å². The molecule has 0 atom stereocenters. The number of amidine groups is 1. The van der Waals surface area contributed by atoms with E-state index in [0.717, 1.165) is 24.3 Å². The molecule has 1 rings (SSSR count). The zero-order valence-electron chi connectivity index (χ0n) is 8.02. The first-order valence-corrected chi connectivity index (χ1v) is 7.09. The minimum absolute atomic E-state index is 0.232. The maximum atomic E-state index is 11.1. The Labute approximate surface area is 90.6 Å². The van der Waals surface area contributed by atoms with Gasteiger partial charge in [-0.1, -0.05) is 11.8 Å². The van der Waals surface area contributed by atoms with E-state index in [2.05, 4.69) is 10.3 Å². The average Bonchev–Trinajstić information content (AvgIpc) is 2.20. The maximum Gasteiger partial charge on any atom is 0.183 e. The molecule has 1 N–H and O–H groups in total. The molecule has 0 saturated carbocycles.